The second kappa shape index (κ2) is 4.37. The van der Waals surface area contributed by atoms with Crippen molar-refractivity contribution in [2.45, 2.75) is 31.4 Å². The second-order valence-electron chi connectivity index (χ2n) is 4.47. The fourth-order valence-corrected chi connectivity index (χ4v) is 2.55. The van der Waals surface area contributed by atoms with Crippen molar-refractivity contribution in [3.05, 3.63) is 0 Å². The Bertz CT molecular complexity index is 247. The number of hydrogen-bond acceptors (Lipinski definition) is 3. The van der Waals surface area contributed by atoms with Gasteiger partial charge in [0.2, 0.25) is 0 Å². The van der Waals surface area contributed by atoms with Gasteiger partial charge in [-0.3, -0.25) is 4.90 Å². The molecule has 0 radical (unpaired) electrons. The molecule has 1 amide bonds. The van der Waals surface area contributed by atoms with E-state index in [1.807, 2.05) is 0 Å². The zero-order valence-corrected chi connectivity index (χ0v) is 8.80. The van der Waals surface area contributed by atoms with Crippen LogP contribution in [-0.2, 0) is 0 Å². The van der Waals surface area contributed by atoms with Crippen molar-refractivity contribution >= 4 is 6.09 Å². The molecule has 0 aromatic heterocycles. The fraction of sp³-hybridized carbons (Fsp3) is 0.900. The lowest BCUT2D eigenvalue weighted by Gasteiger charge is -2.26. The van der Waals surface area contributed by atoms with Crippen LogP contribution in [0, 0.1) is 0 Å². The summed E-state index contributed by atoms with van der Waals surface area (Å²) >= 11 is 0. The van der Waals surface area contributed by atoms with E-state index in [2.05, 4.69) is 4.90 Å². The maximum atomic E-state index is 10.9. The molecule has 0 bridgehead atoms. The average molecular weight is 214 g/mol. The van der Waals surface area contributed by atoms with Gasteiger partial charge in [-0.2, -0.15) is 0 Å². The predicted molar refractivity (Wildman–Crippen MR) is 54.8 cm³/mol. The molecule has 0 aromatic rings. The molecule has 0 spiro atoms. The average Bonchev–Trinajstić information content (AvgIpc) is 2.75. The van der Waals surface area contributed by atoms with E-state index in [0.717, 1.165) is 32.4 Å². The van der Waals surface area contributed by atoms with Crippen LogP contribution >= 0.6 is 0 Å². The Kier molecular flexibility index (Phi) is 3.11. The van der Waals surface area contributed by atoms with Crippen LogP contribution in [0.5, 0.6) is 0 Å². The molecule has 2 rings (SSSR count). The number of carbonyl (C=O) groups is 1. The number of carboxylic acid groups (broad SMARTS) is 1. The molecule has 0 unspecified atom stereocenters. The molecule has 2 fully saturated rings. The molecule has 0 aromatic carbocycles. The third-order valence-corrected chi connectivity index (χ3v) is 3.34. The third-order valence-electron chi connectivity index (χ3n) is 3.34. The molecule has 2 aliphatic heterocycles. The fourth-order valence-electron chi connectivity index (χ4n) is 2.55. The summed E-state index contributed by atoms with van der Waals surface area (Å²) in [6, 6.07) is 0.132. The minimum absolute atomic E-state index is 0.132. The highest BCUT2D eigenvalue weighted by molar-refractivity contribution is 5.65. The first-order chi connectivity index (χ1) is 7.16. The van der Waals surface area contributed by atoms with Gasteiger partial charge in [-0.1, -0.05) is 0 Å². The van der Waals surface area contributed by atoms with Crippen molar-refractivity contribution in [1.29, 1.82) is 0 Å². The number of likely N-dealkylation sites (tertiary alicyclic amines) is 2. The van der Waals surface area contributed by atoms with E-state index >= 15 is 0 Å². The van der Waals surface area contributed by atoms with Gasteiger partial charge in [0.1, 0.15) is 0 Å². The van der Waals surface area contributed by atoms with Crippen molar-refractivity contribution in [2.75, 3.05) is 26.2 Å². The highest BCUT2D eigenvalue weighted by Gasteiger charge is 2.31. The lowest BCUT2D eigenvalue weighted by molar-refractivity contribution is 0.124. The van der Waals surface area contributed by atoms with Gasteiger partial charge in [-0.15, -0.1) is 0 Å². The van der Waals surface area contributed by atoms with Crippen LogP contribution in [0.4, 0.5) is 4.79 Å². The van der Waals surface area contributed by atoms with Crippen molar-refractivity contribution in [2.24, 2.45) is 0 Å². The first-order valence-corrected chi connectivity index (χ1v) is 5.57. The SMILES string of the molecule is O=C(O)N1CCC[C@H]1CN1CC[C@@H](O)C1. The van der Waals surface area contributed by atoms with Crippen LogP contribution < -0.4 is 0 Å². The molecule has 5 heteroatoms. The topological polar surface area (TPSA) is 64.0 Å². The van der Waals surface area contributed by atoms with Crippen LogP contribution in [0.1, 0.15) is 19.3 Å². The van der Waals surface area contributed by atoms with Crippen LogP contribution in [-0.4, -0.2) is 64.4 Å². The lowest BCUT2D eigenvalue weighted by Crippen LogP contribution is -2.42. The van der Waals surface area contributed by atoms with E-state index in [0.29, 0.717) is 13.1 Å². The summed E-state index contributed by atoms with van der Waals surface area (Å²) in [5, 5.41) is 18.3. The molecule has 2 saturated heterocycles. The number of rotatable bonds is 2. The zero-order valence-electron chi connectivity index (χ0n) is 8.80. The normalized spacial score (nSPS) is 32.5. The Balaban J connectivity index is 1.85. The standard InChI is InChI=1S/C10H18N2O3/c13-9-3-5-11(7-9)6-8-2-1-4-12(8)10(14)15/h8-9,13H,1-7H2,(H,14,15)/t8-,9+/m0/s1. The van der Waals surface area contributed by atoms with Crippen LogP contribution in [0.2, 0.25) is 0 Å². The van der Waals surface area contributed by atoms with E-state index < -0.39 is 6.09 Å². The summed E-state index contributed by atoms with van der Waals surface area (Å²) in [6.45, 7) is 3.04. The van der Waals surface area contributed by atoms with Crippen LogP contribution in [0.15, 0.2) is 0 Å². The molecule has 2 atom stereocenters. The summed E-state index contributed by atoms with van der Waals surface area (Å²) in [7, 11) is 0. The number of nitrogens with zero attached hydrogens (tertiary/aromatic N) is 2. The van der Waals surface area contributed by atoms with Gasteiger partial charge >= 0.3 is 6.09 Å². The molecule has 2 heterocycles. The zero-order chi connectivity index (χ0) is 10.8. The maximum absolute atomic E-state index is 10.9. The summed E-state index contributed by atoms with van der Waals surface area (Å²) < 4.78 is 0. The lowest BCUT2D eigenvalue weighted by atomic mass is 10.2. The van der Waals surface area contributed by atoms with E-state index in [9.17, 15) is 9.90 Å². The van der Waals surface area contributed by atoms with Crippen LogP contribution in [0.25, 0.3) is 0 Å². The Hall–Kier alpha value is -0.810. The molecule has 2 aliphatic rings. The summed E-state index contributed by atoms with van der Waals surface area (Å²) in [4.78, 5) is 14.6. The van der Waals surface area contributed by atoms with Gasteiger partial charge in [0, 0.05) is 32.2 Å². The predicted octanol–water partition coefficient (Wildman–Crippen LogP) is 0.195. The van der Waals surface area contributed by atoms with Crippen molar-refractivity contribution in [3.63, 3.8) is 0 Å². The van der Waals surface area contributed by atoms with E-state index in [-0.39, 0.29) is 12.1 Å². The largest absolute Gasteiger partial charge is 0.465 e. The first kappa shape index (κ1) is 10.7. The van der Waals surface area contributed by atoms with Crippen molar-refractivity contribution < 1.29 is 15.0 Å². The number of aliphatic hydroxyl groups excluding tert-OH is 1. The summed E-state index contributed by atoms with van der Waals surface area (Å²) in [6.07, 6.45) is 1.72. The van der Waals surface area contributed by atoms with Gasteiger partial charge in [0.05, 0.1) is 6.10 Å². The molecule has 15 heavy (non-hydrogen) atoms. The van der Waals surface area contributed by atoms with Gasteiger partial charge in [0.15, 0.2) is 0 Å². The highest BCUT2D eigenvalue weighted by Crippen LogP contribution is 2.20. The summed E-state index contributed by atoms with van der Waals surface area (Å²) in [5.41, 5.74) is 0. The van der Waals surface area contributed by atoms with E-state index in [1.54, 1.807) is 0 Å². The number of β-amino-alcohol motifs (C(OH)–C–C–N with tert-alkyl or cyclic N) is 1. The molecule has 0 saturated carbocycles. The molecular formula is C10H18N2O3. The second-order valence-corrected chi connectivity index (χ2v) is 4.47. The Morgan fingerprint density at radius 1 is 1.33 bits per heavy atom. The number of amides is 1. The summed E-state index contributed by atoms with van der Waals surface area (Å²) in [5.74, 6) is 0. The van der Waals surface area contributed by atoms with Gasteiger partial charge in [-0.25, -0.2) is 4.79 Å². The van der Waals surface area contributed by atoms with Crippen molar-refractivity contribution in [1.82, 2.24) is 9.80 Å². The van der Waals surface area contributed by atoms with E-state index in [4.69, 9.17) is 5.11 Å². The first-order valence-electron chi connectivity index (χ1n) is 5.57. The van der Waals surface area contributed by atoms with Gasteiger partial charge in [0.25, 0.3) is 0 Å². The monoisotopic (exact) mass is 214 g/mol. The molecule has 86 valence electrons. The smallest absolute Gasteiger partial charge is 0.407 e. The number of aliphatic hydroxyl groups is 1. The molecular weight excluding hydrogens is 196 g/mol. The molecule has 2 N–H and O–H groups in total. The van der Waals surface area contributed by atoms with Crippen molar-refractivity contribution in [3.8, 4) is 0 Å². The van der Waals surface area contributed by atoms with Crippen LogP contribution in [0.3, 0.4) is 0 Å². The van der Waals surface area contributed by atoms with Gasteiger partial charge in [-0.05, 0) is 19.3 Å². The maximum Gasteiger partial charge on any atom is 0.407 e. The third kappa shape index (κ3) is 2.41. The quantitative estimate of drug-likeness (QED) is 0.689. The van der Waals surface area contributed by atoms with Gasteiger partial charge < -0.3 is 15.1 Å². The van der Waals surface area contributed by atoms with E-state index in [1.165, 1.54) is 4.90 Å². The molecule has 0 aliphatic carbocycles. The number of hydrogen-bond donors (Lipinski definition) is 2. The molecule has 5 nitrogen and oxygen atoms in total. The minimum Gasteiger partial charge on any atom is -0.465 e. The minimum atomic E-state index is -0.808. The highest BCUT2D eigenvalue weighted by atomic mass is 16.4. The Morgan fingerprint density at radius 3 is 2.73 bits per heavy atom. The Morgan fingerprint density at radius 2 is 2.13 bits per heavy atom. The Labute approximate surface area is 89.3 Å².